The highest BCUT2D eigenvalue weighted by Gasteiger charge is 2.18. The summed E-state index contributed by atoms with van der Waals surface area (Å²) in [5, 5.41) is 14.8. The van der Waals surface area contributed by atoms with Gasteiger partial charge in [-0.3, -0.25) is 0 Å². The molecular formula is C13H30N2O3. The number of rotatable bonds is 9. The Bertz CT molecular complexity index is 173. The first kappa shape index (κ1) is 19.5. The maximum absolute atomic E-state index is 8.25. The largest absolute Gasteiger partial charge is 0.356 e. The smallest absolute Gasteiger partial charge is 0.0784 e. The molecule has 0 aliphatic carbocycles. The first-order valence-corrected chi connectivity index (χ1v) is 7.06. The number of quaternary nitrogens is 1. The molecule has 0 amide bonds. The summed E-state index contributed by atoms with van der Waals surface area (Å²) in [4.78, 5) is 8.25. The standard InChI is InChI=1S/C13H30N.NO3/c1-5-8-11-14(4,12-9-6-2)13-10-7-3;2-1(3)4/h5-13H2,1-4H3;/q+1;-1. The van der Waals surface area contributed by atoms with Crippen LogP contribution in [0.25, 0.3) is 0 Å². The fourth-order valence-corrected chi connectivity index (χ4v) is 1.95. The molecule has 5 heteroatoms. The third-order valence-corrected chi connectivity index (χ3v) is 3.15. The van der Waals surface area contributed by atoms with Crippen molar-refractivity contribution in [2.24, 2.45) is 0 Å². The quantitative estimate of drug-likeness (QED) is 0.362. The average molecular weight is 262 g/mol. The molecule has 0 heterocycles. The van der Waals surface area contributed by atoms with Crippen LogP contribution in [-0.4, -0.2) is 36.3 Å². The molecule has 0 rings (SSSR count). The van der Waals surface area contributed by atoms with Crippen molar-refractivity contribution < 1.29 is 9.57 Å². The van der Waals surface area contributed by atoms with Crippen LogP contribution < -0.4 is 0 Å². The Morgan fingerprint density at radius 2 is 1.06 bits per heavy atom. The minimum Gasteiger partial charge on any atom is -0.356 e. The van der Waals surface area contributed by atoms with E-state index in [4.69, 9.17) is 15.3 Å². The Labute approximate surface area is 111 Å². The highest BCUT2D eigenvalue weighted by molar-refractivity contribution is 4.43. The highest BCUT2D eigenvalue weighted by atomic mass is 16.9. The molecule has 110 valence electrons. The molecule has 0 unspecified atom stereocenters. The van der Waals surface area contributed by atoms with Crippen molar-refractivity contribution in [2.75, 3.05) is 26.7 Å². The summed E-state index contributed by atoms with van der Waals surface area (Å²) in [6, 6.07) is 0. The van der Waals surface area contributed by atoms with Gasteiger partial charge in [0.2, 0.25) is 0 Å². The number of nitrogens with zero attached hydrogens (tertiary/aromatic N) is 2. The molecule has 0 saturated carbocycles. The van der Waals surface area contributed by atoms with Gasteiger partial charge in [0.05, 0.1) is 31.8 Å². The summed E-state index contributed by atoms with van der Waals surface area (Å²) < 4.78 is 1.32. The lowest BCUT2D eigenvalue weighted by molar-refractivity contribution is -0.910. The Morgan fingerprint density at radius 3 is 1.22 bits per heavy atom. The Morgan fingerprint density at radius 1 is 0.833 bits per heavy atom. The van der Waals surface area contributed by atoms with E-state index < -0.39 is 5.09 Å². The van der Waals surface area contributed by atoms with Crippen molar-refractivity contribution in [2.45, 2.75) is 59.3 Å². The molecule has 0 bridgehead atoms. The normalized spacial score (nSPS) is 10.7. The molecule has 0 spiro atoms. The summed E-state index contributed by atoms with van der Waals surface area (Å²) in [6.45, 7) is 11.0. The maximum atomic E-state index is 8.25. The van der Waals surface area contributed by atoms with E-state index in [0.29, 0.717) is 0 Å². The SMILES string of the molecule is CCCC[N+](C)(CCCC)CCCC.O=[N+]([O-])[O-]. The van der Waals surface area contributed by atoms with E-state index in [1.54, 1.807) is 0 Å². The van der Waals surface area contributed by atoms with E-state index in [2.05, 4.69) is 27.8 Å². The third-order valence-electron chi connectivity index (χ3n) is 3.15. The van der Waals surface area contributed by atoms with Gasteiger partial charge in [0.15, 0.2) is 0 Å². The first-order valence-electron chi connectivity index (χ1n) is 7.06. The van der Waals surface area contributed by atoms with E-state index in [1.165, 1.54) is 62.6 Å². The highest BCUT2D eigenvalue weighted by Crippen LogP contribution is 2.10. The van der Waals surface area contributed by atoms with Gasteiger partial charge >= 0.3 is 0 Å². The van der Waals surface area contributed by atoms with E-state index in [1.807, 2.05) is 0 Å². The monoisotopic (exact) mass is 262 g/mol. The van der Waals surface area contributed by atoms with E-state index in [0.717, 1.165) is 0 Å². The summed E-state index contributed by atoms with van der Waals surface area (Å²) in [5.41, 5.74) is 0. The first-order chi connectivity index (χ1) is 8.41. The second kappa shape index (κ2) is 12.6. The van der Waals surface area contributed by atoms with Crippen LogP contribution in [0.2, 0.25) is 0 Å². The third kappa shape index (κ3) is 15.2. The van der Waals surface area contributed by atoms with Crippen LogP contribution in [-0.2, 0) is 0 Å². The molecule has 0 aliphatic heterocycles. The zero-order valence-corrected chi connectivity index (χ0v) is 12.5. The van der Waals surface area contributed by atoms with Crippen molar-refractivity contribution in [1.82, 2.24) is 0 Å². The van der Waals surface area contributed by atoms with Crippen molar-refractivity contribution in [1.29, 1.82) is 0 Å². The number of hydrogen-bond donors (Lipinski definition) is 0. The van der Waals surface area contributed by atoms with Crippen LogP contribution >= 0.6 is 0 Å². The Hall–Kier alpha value is -0.840. The second-order valence-corrected chi connectivity index (χ2v) is 5.07. The van der Waals surface area contributed by atoms with Crippen molar-refractivity contribution in [3.05, 3.63) is 15.3 Å². The molecule has 0 N–H and O–H groups in total. The molecular weight excluding hydrogens is 232 g/mol. The predicted molar refractivity (Wildman–Crippen MR) is 75.9 cm³/mol. The molecule has 0 atom stereocenters. The molecule has 0 aromatic heterocycles. The van der Waals surface area contributed by atoms with Crippen molar-refractivity contribution in [3.8, 4) is 0 Å². The van der Waals surface area contributed by atoms with Gasteiger partial charge in [-0.25, -0.2) is 0 Å². The zero-order valence-electron chi connectivity index (χ0n) is 12.5. The van der Waals surface area contributed by atoms with Gasteiger partial charge in [-0.2, -0.15) is 0 Å². The van der Waals surface area contributed by atoms with Crippen molar-refractivity contribution >= 4 is 0 Å². The van der Waals surface area contributed by atoms with Gasteiger partial charge in [0, 0.05) is 0 Å². The van der Waals surface area contributed by atoms with Gasteiger partial charge in [0.25, 0.3) is 0 Å². The van der Waals surface area contributed by atoms with Crippen LogP contribution in [0.4, 0.5) is 0 Å². The summed E-state index contributed by atoms with van der Waals surface area (Å²) in [7, 11) is 2.45. The molecule has 0 saturated heterocycles. The maximum Gasteiger partial charge on any atom is 0.0784 e. The average Bonchev–Trinajstić information content (AvgIpc) is 2.31. The molecule has 0 aliphatic rings. The second-order valence-electron chi connectivity index (χ2n) is 5.07. The lowest BCUT2D eigenvalue weighted by atomic mass is 10.2. The van der Waals surface area contributed by atoms with Crippen LogP contribution in [0.1, 0.15) is 59.3 Å². The molecule has 0 aromatic carbocycles. The van der Waals surface area contributed by atoms with Gasteiger partial charge < -0.3 is 19.8 Å². The van der Waals surface area contributed by atoms with Crippen LogP contribution in [0.15, 0.2) is 0 Å². The number of unbranched alkanes of at least 4 members (excludes halogenated alkanes) is 3. The molecule has 18 heavy (non-hydrogen) atoms. The van der Waals surface area contributed by atoms with E-state index in [-0.39, 0.29) is 0 Å². The van der Waals surface area contributed by atoms with Crippen LogP contribution in [0, 0.1) is 15.3 Å². The summed E-state index contributed by atoms with van der Waals surface area (Å²) in [5.74, 6) is 0. The predicted octanol–water partition coefficient (Wildman–Crippen LogP) is 3.59. The van der Waals surface area contributed by atoms with Gasteiger partial charge in [-0.15, -0.1) is 0 Å². The fraction of sp³-hybridized carbons (Fsp3) is 1.00. The van der Waals surface area contributed by atoms with Crippen LogP contribution in [0.5, 0.6) is 0 Å². The minimum atomic E-state index is -1.75. The van der Waals surface area contributed by atoms with Gasteiger partial charge in [-0.05, 0) is 19.3 Å². The van der Waals surface area contributed by atoms with Crippen LogP contribution in [0.3, 0.4) is 0 Å². The van der Waals surface area contributed by atoms with Gasteiger partial charge in [0.1, 0.15) is 0 Å². The molecule has 0 aromatic rings. The summed E-state index contributed by atoms with van der Waals surface area (Å²) >= 11 is 0. The topological polar surface area (TPSA) is 66.2 Å². The van der Waals surface area contributed by atoms with E-state index >= 15 is 0 Å². The lowest BCUT2D eigenvalue weighted by Crippen LogP contribution is -2.46. The molecule has 0 fully saturated rings. The Balaban J connectivity index is 0. The van der Waals surface area contributed by atoms with Gasteiger partial charge in [-0.1, -0.05) is 40.0 Å². The molecule has 0 radical (unpaired) electrons. The van der Waals surface area contributed by atoms with Crippen molar-refractivity contribution in [3.63, 3.8) is 0 Å². The number of hydrogen-bond acceptors (Lipinski definition) is 3. The minimum absolute atomic E-state index is 1.32. The lowest BCUT2D eigenvalue weighted by Gasteiger charge is -2.34. The fourth-order valence-electron chi connectivity index (χ4n) is 1.95. The van der Waals surface area contributed by atoms with E-state index in [9.17, 15) is 0 Å². The zero-order chi connectivity index (χ0) is 14.4. The molecule has 5 nitrogen and oxygen atoms in total. The Kier molecular flexibility index (Phi) is 13.7. The summed E-state index contributed by atoms with van der Waals surface area (Å²) in [6.07, 6.45) is 8.20.